The summed E-state index contributed by atoms with van der Waals surface area (Å²) in [4.78, 5) is 71.6. The van der Waals surface area contributed by atoms with Gasteiger partial charge in [0.1, 0.15) is 23.1 Å². The van der Waals surface area contributed by atoms with Crippen molar-refractivity contribution < 1.29 is 52.7 Å². The molecule has 350 valence electrons. The Labute approximate surface area is 373 Å². The minimum atomic E-state index is -1.34. The number of fused-ring (bicyclic) bond motifs is 1. The first kappa shape index (κ1) is 48.7. The summed E-state index contributed by atoms with van der Waals surface area (Å²) in [5, 5.41) is 23.7. The number of rotatable bonds is 11. The highest BCUT2D eigenvalue weighted by atomic mass is 35.5. The molecule has 4 aliphatic rings. The summed E-state index contributed by atoms with van der Waals surface area (Å²) in [5.74, 6) is -6.52. The van der Waals surface area contributed by atoms with Gasteiger partial charge in [-0.15, -0.1) is 0 Å². The fourth-order valence-corrected chi connectivity index (χ4v) is 9.12. The zero-order valence-electron chi connectivity index (χ0n) is 37.5. The minimum Gasteiger partial charge on any atom is -0.477 e. The lowest BCUT2D eigenvalue weighted by atomic mass is 9.92. The van der Waals surface area contributed by atoms with Crippen molar-refractivity contribution in [2.75, 3.05) is 58.3 Å². The summed E-state index contributed by atoms with van der Waals surface area (Å²) in [6, 6.07) is 2.59. The van der Waals surface area contributed by atoms with Crippen molar-refractivity contribution in [3.05, 3.63) is 39.9 Å². The first-order chi connectivity index (χ1) is 29.8. The molecule has 11 atom stereocenters. The number of aromatic carboxylic acids is 1. The number of aromatic nitrogens is 1. The van der Waals surface area contributed by atoms with Crippen LogP contribution in [-0.2, 0) is 33.3 Å². The molecule has 3 saturated heterocycles. The Bertz CT molecular complexity index is 2030. The Hall–Kier alpha value is -3.71. The van der Waals surface area contributed by atoms with Crippen molar-refractivity contribution in [3.8, 4) is 0 Å². The number of carboxylic acids is 1. The van der Waals surface area contributed by atoms with E-state index in [1.165, 1.54) is 19.2 Å². The number of ether oxygens (including phenoxy) is 4. The van der Waals surface area contributed by atoms with E-state index in [0.29, 0.717) is 56.8 Å². The van der Waals surface area contributed by atoms with Crippen molar-refractivity contribution in [2.24, 2.45) is 17.8 Å². The number of carbonyl (C=O) groups is 4. The molecule has 1 amide bonds. The number of cyclic esters (lactones) is 1. The zero-order valence-corrected chi connectivity index (χ0v) is 38.2. The molecule has 1 aromatic heterocycles. The number of anilines is 1. The van der Waals surface area contributed by atoms with E-state index in [-0.39, 0.29) is 48.6 Å². The molecule has 2 aromatic rings. The maximum Gasteiger partial charge on any atom is 0.341 e. The van der Waals surface area contributed by atoms with E-state index in [9.17, 15) is 34.2 Å². The maximum absolute atomic E-state index is 15.7. The number of Topliss-reactive ketones (excluding diaryl/α,β-unsaturated/α-hetero) is 1. The fraction of sp³-hybridized carbons (Fsp3) is 0.711. The van der Waals surface area contributed by atoms with Crippen LogP contribution in [0.5, 0.6) is 0 Å². The number of esters is 1. The number of carbonyl (C=O) groups excluding carboxylic acids is 3. The molecule has 1 aliphatic carbocycles. The highest BCUT2D eigenvalue weighted by Crippen LogP contribution is 2.38. The predicted octanol–water partition coefficient (Wildman–Crippen LogP) is 4.16. The third-order valence-electron chi connectivity index (χ3n) is 13.2. The SMILES string of the molecule is CC1CC(N(C)C)CC(O[C@@H]2CC(=O)C(C)C(=O)O[C@H](Cl)[C@H](C)C(O)C(C)C(=O)N[C@H](C)CC2OCCCN2CCN(c3cc4c(cc3F)c(=O)c(C(=O)O)cn4C3CC3)CC2)O1. The average molecular weight is 906 g/mol. The number of aliphatic hydroxyl groups excluding tert-OH is 1. The van der Waals surface area contributed by atoms with Crippen LogP contribution in [0.3, 0.4) is 0 Å². The molecule has 4 fully saturated rings. The first-order valence-corrected chi connectivity index (χ1v) is 22.8. The second kappa shape index (κ2) is 21.1. The van der Waals surface area contributed by atoms with Gasteiger partial charge in [0.25, 0.3) is 0 Å². The Balaban J connectivity index is 1.15. The van der Waals surface area contributed by atoms with Crippen LogP contribution in [-0.4, -0.2) is 150 Å². The first-order valence-electron chi connectivity index (χ1n) is 22.4. The van der Waals surface area contributed by atoms with E-state index in [0.717, 1.165) is 19.3 Å². The van der Waals surface area contributed by atoms with Gasteiger partial charge in [-0.05, 0) is 79.1 Å². The van der Waals surface area contributed by atoms with E-state index >= 15 is 4.39 Å². The Morgan fingerprint density at radius 1 is 1.00 bits per heavy atom. The van der Waals surface area contributed by atoms with Gasteiger partial charge in [-0.25, -0.2) is 9.18 Å². The van der Waals surface area contributed by atoms with E-state index in [1.807, 2.05) is 32.8 Å². The third kappa shape index (κ3) is 12.0. The number of pyridine rings is 1. The van der Waals surface area contributed by atoms with E-state index in [2.05, 4.69) is 15.1 Å². The van der Waals surface area contributed by atoms with Crippen LogP contribution in [0, 0.1) is 23.6 Å². The van der Waals surface area contributed by atoms with Gasteiger partial charge in [0.05, 0.1) is 41.5 Å². The number of nitrogens with one attached hydrogen (secondary N) is 1. The number of piperazine rings is 1. The molecule has 16 nitrogen and oxygen atoms in total. The van der Waals surface area contributed by atoms with Crippen molar-refractivity contribution in [3.63, 3.8) is 0 Å². The van der Waals surface area contributed by atoms with Gasteiger partial charge in [0.15, 0.2) is 11.9 Å². The number of carboxylic acid groups (broad SMARTS) is 1. The van der Waals surface area contributed by atoms with E-state index in [1.54, 1.807) is 24.5 Å². The third-order valence-corrected chi connectivity index (χ3v) is 13.7. The number of aliphatic hydroxyl groups is 1. The molecule has 6 rings (SSSR count). The largest absolute Gasteiger partial charge is 0.477 e. The van der Waals surface area contributed by atoms with Gasteiger partial charge in [-0.2, -0.15) is 0 Å². The smallest absolute Gasteiger partial charge is 0.341 e. The summed E-state index contributed by atoms with van der Waals surface area (Å²) < 4.78 is 42.4. The van der Waals surface area contributed by atoms with Crippen LogP contribution in [0.25, 0.3) is 10.9 Å². The molecular weight excluding hydrogens is 841 g/mol. The summed E-state index contributed by atoms with van der Waals surface area (Å²) in [6.45, 7) is 11.6. The lowest BCUT2D eigenvalue weighted by Gasteiger charge is -2.40. The second-order valence-electron chi connectivity index (χ2n) is 18.3. The number of hydrogen-bond donors (Lipinski definition) is 3. The zero-order chi connectivity index (χ0) is 45.9. The predicted molar refractivity (Wildman–Crippen MR) is 233 cm³/mol. The Kier molecular flexibility index (Phi) is 16.3. The number of hydrogen-bond acceptors (Lipinski definition) is 13. The molecule has 7 unspecified atom stereocenters. The van der Waals surface area contributed by atoms with E-state index < -0.39 is 88.8 Å². The van der Waals surface area contributed by atoms with E-state index in [4.69, 9.17) is 30.5 Å². The molecule has 3 aliphatic heterocycles. The summed E-state index contributed by atoms with van der Waals surface area (Å²) in [7, 11) is 3.99. The van der Waals surface area contributed by atoms with Crippen LogP contribution < -0.4 is 15.6 Å². The highest BCUT2D eigenvalue weighted by Gasteiger charge is 2.40. The molecule has 3 N–H and O–H groups in total. The molecule has 0 bridgehead atoms. The molecule has 0 radical (unpaired) electrons. The second-order valence-corrected chi connectivity index (χ2v) is 18.8. The molecule has 0 spiro atoms. The Morgan fingerprint density at radius 3 is 2.35 bits per heavy atom. The van der Waals surface area contributed by atoms with Gasteiger partial charge in [-0.1, -0.05) is 25.4 Å². The molecule has 1 saturated carbocycles. The molecule has 4 heterocycles. The lowest BCUT2D eigenvalue weighted by molar-refractivity contribution is -0.240. The summed E-state index contributed by atoms with van der Waals surface area (Å²) in [6.07, 6.45) is 1.47. The van der Waals surface area contributed by atoms with Gasteiger partial charge >= 0.3 is 11.9 Å². The highest BCUT2D eigenvalue weighted by molar-refractivity contribution is 6.20. The number of alkyl halides is 1. The number of nitrogens with zero attached hydrogens (tertiary/aromatic N) is 4. The number of halogens is 2. The van der Waals surface area contributed by atoms with Gasteiger partial charge < -0.3 is 48.8 Å². The normalized spacial score (nSPS) is 32.3. The minimum absolute atomic E-state index is 0.0569. The average Bonchev–Trinajstić information content (AvgIpc) is 4.09. The summed E-state index contributed by atoms with van der Waals surface area (Å²) >= 11 is 6.41. The van der Waals surface area contributed by atoms with Crippen LogP contribution in [0.15, 0.2) is 23.1 Å². The lowest BCUT2D eigenvalue weighted by Crippen LogP contribution is -2.48. The van der Waals surface area contributed by atoms with Gasteiger partial charge in [0.2, 0.25) is 11.3 Å². The monoisotopic (exact) mass is 905 g/mol. The Morgan fingerprint density at radius 2 is 1.70 bits per heavy atom. The molecular formula is C45H65ClFN5O11. The fourth-order valence-electron chi connectivity index (χ4n) is 8.89. The van der Waals surface area contributed by atoms with Gasteiger partial charge in [0, 0.05) is 87.8 Å². The maximum atomic E-state index is 15.7. The van der Waals surface area contributed by atoms with Crippen molar-refractivity contribution in [1.29, 1.82) is 0 Å². The number of amides is 1. The number of benzene rings is 1. The van der Waals surface area contributed by atoms with Crippen LogP contribution in [0.4, 0.5) is 10.1 Å². The quantitative estimate of drug-likeness (QED) is 0.126. The number of ketones is 1. The van der Waals surface area contributed by atoms with Crippen LogP contribution in [0.2, 0.25) is 0 Å². The topological polar surface area (TPSA) is 189 Å². The summed E-state index contributed by atoms with van der Waals surface area (Å²) in [5.41, 5.74) is -1.46. The molecule has 63 heavy (non-hydrogen) atoms. The van der Waals surface area contributed by atoms with Gasteiger partial charge in [-0.3, -0.25) is 24.1 Å². The van der Waals surface area contributed by atoms with Crippen LogP contribution in [0.1, 0.15) is 96.0 Å². The molecule has 1 aromatic carbocycles. The van der Waals surface area contributed by atoms with Crippen LogP contribution >= 0.6 is 11.6 Å². The van der Waals surface area contributed by atoms with Crippen molar-refractivity contribution in [2.45, 2.75) is 134 Å². The van der Waals surface area contributed by atoms with Crippen molar-refractivity contribution in [1.82, 2.24) is 19.7 Å². The molecule has 18 heteroatoms. The standard InChI is InChI=1S/C45H65ClFN5O11/c1-24-17-37(60-16-8-11-50-12-14-51(15-13-50)35-21-34-31(20-33(35)47)41(55)32(44(57)58)23-52(34)29-9-10-29)38(62-39-19-30(49(6)7)18-25(2)61-39)22-36(53)26(3)45(59)63-42(46)27(4)40(54)28(5)43(56)48-24/h20-21,23-30,37-40,42,54H,8-19,22H2,1-7H3,(H,48,56)(H,57,58)/t24-,25?,26?,27-,28?,30?,37?,38-,39?,40?,42+/m1/s1. The van der Waals surface area contributed by atoms with Crippen molar-refractivity contribution >= 4 is 51.8 Å².